The zero-order chi connectivity index (χ0) is 27.2. The number of benzene rings is 1. The summed E-state index contributed by atoms with van der Waals surface area (Å²) in [7, 11) is 0. The number of carbonyl (C=O) groups is 4. The summed E-state index contributed by atoms with van der Waals surface area (Å²) in [4.78, 5) is 62.2. The highest BCUT2D eigenvalue weighted by Crippen LogP contribution is 2.21. The maximum Gasteiger partial charge on any atom is 0.408 e. The number of nitro benzene ring substituents is 1. The topological polar surface area (TPSA) is 168 Å². The summed E-state index contributed by atoms with van der Waals surface area (Å²) in [6.45, 7) is 8.72. The van der Waals surface area contributed by atoms with Crippen molar-refractivity contribution in [1.29, 1.82) is 0 Å². The van der Waals surface area contributed by atoms with E-state index in [9.17, 15) is 34.4 Å². The van der Waals surface area contributed by atoms with Crippen LogP contribution in [0.25, 0.3) is 0 Å². The number of carbonyl (C=O) groups excluding carboxylic acids is 3. The average molecular weight is 507 g/mol. The molecule has 12 heteroatoms. The van der Waals surface area contributed by atoms with Crippen LogP contribution in [-0.2, 0) is 25.5 Å². The number of non-ortho nitro benzene ring substituents is 1. The van der Waals surface area contributed by atoms with Crippen molar-refractivity contribution < 1.29 is 33.9 Å². The fourth-order valence-corrected chi connectivity index (χ4v) is 3.91. The van der Waals surface area contributed by atoms with Gasteiger partial charge in [0.2, 0.25) is 11.8 Å². The summed E-state index contributed by atoms with van der Waals surface area (Å²) in [6, 6.07) is 2.34. The van der Waals surface area contributed by atoms with Crippen molar-refractivity contribution in [3.05, 3.63) is 39.9 Å². The van der Waals surface area contributed by atoms with E-state index in [1.54, 1.807) is 34.6 Å². The molecule has 1 aromatic carbocycles. The molecule has 3 amide bonds. The van der Waals surface area contributed by atoms with E-state index in [1.807, 2.05) is 0 Å². The molecule has 1 aromatic rings. The third kappa shape index (κ3) is 7.92. The van der Waals surface area contributed by atoms with Gasteiger partial charge in [0, 0.05) is 25.1 Å². The number of nitrogens with one attached hydrogen (secondary N) is 2. The number of likely N-dealkylation sites (tertiary alicyclic amines) is 1. The minimum absolute atomic E-state index is 0.0251. The molecule has 1 heterocycles. The van der Waals surface area contributed by atoms with Gasteiger partial charge in [0.15, 0.2) is 0 Å². The van der Waals surface area contributed by atoms with Gasteiger partial charge in [-0.3, -0.25) is 19.7 Å². The number of ether oxygens (including phenoxy) is 1. The Morgan fingerprint density at radius 3 is 2.28 bits per heavy atom. The van der Waals surface area contributed by atoms with Gasteiger partial charge in [0.05, 0.1) is 4.92 Å². The van der Waals surface area contributed by atoms with Crippen LogP contribution in [0, 0.1) is 16.0 Å². The van der Waals surface area contributed by atoms with Crippen molar-refractivity contribution in [2.45, 2.75) is 77.6 Å². The van der Waals surface area contributed by atoms with Crippen LogP contribution in [0.15, 0.2) is 24.3 Å². The van der Waals surface area contributed by atoms with E-state index < -0.39 is 52.5 Å². The highest BCUT2D eigenvalue weighted by molar-refractivity contribution is 5.93. The van der Waals surface area contributed by atoms with Crippen LogP contribution >= 0.6 is 0 Å². The number of alkyl carbamates (subject to hydrolysis) is 1. The first-order valence-electron chi connectivity index (χ1n) is 11.8. The molecule has 36 heavy (non-hydrogen) atoms. The van der Waals surface area contributed by atoms with Crippen LogP contribution in [0.2, 0.25) is 0 Å². The molecule has 12 nitrogen and oxygen atoms in total. The van der Waals surface area contributed by atoms with Crippen molar-refractivity contribution >= 4 is 29.6 Å². The normalized spacial score (nSPS) is 17.3. The van der Waals surface area contributed by atoms with E-state index in [1.165, 1.54) is 29.2 Å². The Labute approximate surface area is 209 Å². The molecule has 198 valence electrons. The number of nitro groups is 1. The Morgan fingerprint density at radius 2 is 1.78 bits per heavy atom. The molecule has 1 aliphatic heterocycles. The van der Waals surface area contributed by atoms with Crippen molar-refractivity contribution in [3.63, 3.8) is 0 Å². The SMILES string of the molecule is CC(C)[C@H](NC(=O)OC(C)(C)C)C(=O)N[C@@H](Cc1ccc([N+](=O)[O-])cc1)C(=O)N1CCC[C@H]1C(=O)O. The molecule has 1 fully saturated rings. The van der Waals surface area contributed by atoms with Gasteiger partial charge in [-0.15, -0.1) is 0 Å². The number of carboxylic acids is 1. The molecule has 3 N–H and O–H groups in total. The first-order valence-corrected chi connectivity index (χ1v) is 11.8. The van der Waals surface area contributed by atoms with Gasteiger partial charge in [0.25, 0.3) is 5.69 Å². The Hall–Kier alpha value is -3.70. The minimum atomic E-state index is -1.15. The molecule has 0 bridgehead atoms. The van der Waals surface area contributed by atoms with E-state index in [0.717, 1.165) is 0 Å². The first-order chi connectivity index (χ1) is 16.7. The van der Waals surface area contributed by atoms with Crippen molar-refractivity contribution in [2.75, 3.05) is 6.54 Å². The van der Waals surface area contributed by atoms with Gasteiger partial charge in [-0.25, -0.2) is 9.59 Å². The monoisotopic (exact) mass is 506 g/mol. The molecule has 3 atom stereocenters. The smallest absolute Gasteiger partial charge is 0.408 e. The van der Waals surface area contributed by atoms with Crippen LogP contribution < -0.4 is 10.6 Å². The summed E-state index contributed by atoms with van der Waals surface area (Å²) < 4.78 is 5.24. The molecular formula is C24H34N4O8. The first kappa shape index (κ1) is 28.5. The summed E-state index contributed by atoms with van der Waals surface area (Å²) in [6.07, 6.45) is -0.00739. The number of carboxylic acid groups (broad SMARTS) is 1. The van der Waals surface area contributed by atoms with Gasteiger partial charge in [-0.2, -0.15) is 0 Å². The number of hydrogen-bond acceptors (Lipinski definition) is 7. The van der Waals surface area contributed by atoms with Crippen molar-refractivity contribution in [3.8, 4) is 0 Å². The highest BCUT2D eigenvalue weighted by atomic mass is 16.6. The predicted octanol–water partition coefficient (Wildman–Crippen LogP) is 2.25. The summed E-state index contributed by atoms with van der Waals surface area (Å²) in [5.74, 6) is -2.70. The molecule has 0 spiro atoms. The molecule has 0 saturated carbocycles. The van der Waals surface area contributed by atoms with E-state index in [-0.39, 0.29) is 24.6 Å². The van der Waals surface area contributed by atoms with Crippen molar-refractivity contribution in [2.24, 2.45) is 5.92 Å². The van der Waals surface area contributed by atoms with E-state index in [4.69, 9.17) is 4.74 Å². The third-order valence-electron chi connectivity index (χ3n) is 5.64. The number of rotatable bonds is 9. The van der Waals surface area contributed by atoms with Crippen LogP contribution in [0.5, 0.6) is 0 Å². The van der Waals surface area contributed by atoms with Crippen LogP contribution in [0.4, 0.5) is 10.5 Å². The second-order valence-corrected chi connectivity index (χ2v) is 10.1. The highest BCUT2D eigenvalue weighted by Gasteiger charge is 2.39. The average Bonchev–Trinajstić information content (AvgIpc) is 3.25. The number of hydrogen-bond donors (Lipinski definition) is 3. The fraction of sp³-hybridized carbons (Fsp3) is 0.583. The Balaban J connectivity index is 2.28. The fourth-order valence-electron chi connectivity index (χ4n) is 3.91. The maximum absolute atomic E-state index is 13.4. The Kier molecular flexibility index (Phi) is 9.37. The van der Waals surface area contributed by atoms with E-state index >= 15 is 0 Å². The van der Waals surface area contributed by atoms with Crippen LogP contribution in [0.1, 0.15) is 53.0 Å². The quantitative estimate of drug-likeness (QED) is 0.338. The van der Waals surface area contributed by atoms with Gasteiger partial charge in [0.1, 0.15) is 23.7 Å². The van der Waals surface area contributed by atoms with Crippen molar-refractivity contribution in [1.82, 2.24) is 15.5 Å². The van der Waals surface area contributed by atoms with Gasteiger partial charge >= 0.3 is 12.1 Å². The lowest BCUT2D eigenvalue weighted by atomic mass is 10.0. The zero-order valence-corrected chi connectivity index (χ0v) is 21.1. The lowest BCUT2D eigenvalue weighted by Crippen LogP contribution is -2.57. The number of nitrogens with zero attached hydrogens (tertiary/aromatic N) is 2. The standard InChI is InChI=1S/C24H34N4O8/c1-14(2)19(26-23(33)36-24(3,4)5)20(29)25-17(13-15-8-10-16(11-9-15)28(34)35)21(30)27-12-6-7-18(27)22(31)32/h8-11,14,17-19H,6-7,12-13H2,1-5H3,(H,25,29)(H,26,33)(H,31,32)/t17-,18-,19-/m0/s1. The predicted molar refractivity (Wildman–Crippen MR) is 129 cm³/mol. The molecule has 1 aliphatic rings. The van der Waals surface area contributed by atoms with E-state index in [2.05, 4.69) is 10.6 Å². The number of amides is 3. The largest absolute Gasteiger partial charge is 0.480 e. The van der Waals surface area contributed by atoms with Crippen LogP contribution in [0.3, 0.4) is 0 Å². The Bertz CT molecular complexity index is 987. The van der Waals surface area contributed by atoms with Crippen LogP contribution in [-0.4, -0.2) is 69.1 Å². The number of aliphatic carboxylic acids is 1. The molecule has 0 radical (unpaired) electrons. The summed E-state index contributed by atoms with van der Waals surface area (Å²) in [5, 5.41) is 25.7. The summed E-state index contributed by atoms with van der Waals surface area (Å²) >= 11 is 0. The van der Waals surface area contributed by atoms with Gasteiger partial charge in [-0.1, -0.05) is 26.0 Å². The molecule has 0 unspecified atom stereocenters. The maximum atomic E-state index is 13.4. The third-order valence-corrected chi connectivity index (χ3v) is 5.64. The van der Waals surface area contributed by atoms with Gasteiger partial charge in [-0.05, 0) is 45.1 Å². The molecule has 0 aromatic heterocycles. The second-order valence-electron chi connectivity index (χ2n) is 10.1. The molecular weight excluding hydrogens is 472 g/mol. The molecule has 1 saturated heterocycles. The lowest BCUT2D eigenvalue weighted by molar-refractivity contribution is -0.384. The molecule has 0 aliphatic carbocycles. The molecule has 2 rings (SSSR count). The lowest BCUT2D eigenvalue weighted by Gasteiger charge is -2.30. The van der Waals surface area contributed by atoms with E-state index in [0.29, 0.717) is 18.4 Å². The second kappa shape index (κ2) is 11.8. The summed E-state index contributed by atoms with van der Waals surface area (Å²) in [5.41, 5.74) is -0.373. The Morgan fingerprint density at radius 1 is 1.17 bits per heavy atom. The minimum Gasteiger partial charge on any atom is -0.480 e. The zero-order valence-electron chi connectivity index (χ0n) is 21.1. The van der Waals surface area contributed by atoms with Gasteiger partial charge < -0.3 is 25.4 Å².